The van der Waals surface area contributed by atoms with Gasteiger partial charge in [0, 0.05) is 29.4 Å². The zero-order valence-electron chi connectivity index (χ0n) is 16.2. The van der Waals surface area contributed by atoms with Crippen LogP contribution >= 0.6 is 23.4 Å². The highest BCUT2D eigenvalue weighted by Gasteiger charge is 2.73. The SMILES string of the molecule is C[C@H]1[C@@H]2[C@@]1(CO)SC(N)=N[C@]2(CF)c1cc(NC(=O)c2ccc(Cl)cn2)cc(F)c1F. The van der Waals surface area contributed by atoms with Crippen LogP contribution in [0.3, 0.4) is 0 Å². The summed E-state index contributed by atoms with van der Waals surface area (Å²) in [6.45, 7) is 0.306. The first-order valence-electron chi connectivity index (χ1n) is 9.32. The Morgan fingerprint density at radius 2 is 2.13 bits per heavy atom. The van der Waals surface area contributed by atoms with E-state index < -0.39 is 40.4 Å². The van der Waals surface area contributed by atoms with Gasteiger partial charge in [-0.05, 0) is 24.1 Å². The molecule has 4 N–H and O–H groups in total. The average Bonchev–Trinajstić information content (AvgIpc) is 3.35. The lowest BCUT2D eigenvalue weighted by molar-refractivity contribution is 0.102. The summed E-state index contributed by atoms with van der Waals surface area (Å²) in [7, 11) is 0. The normalized spacial score (nSPS) is 29.2. The molecule has 2 aromatic rings. The van der Waals surface area contributed by atoms with Crippen LogP contribution in [0.1, 0.15) is 23.0 Å². The highest BCUT2D eigenvalue weighted by molar-refractivity contribution is 8.15. The number of nitrogens with two attached hydrogens (primary N) is 1. The van der Waals surface area contributed by atoms with E-state index in [9.17, 15) is 23.1 Å². The smallest absolute Gasteiger partial charge is 0.274 e. The van der Waals surface area contributed by atoms with Crippen molar-refractivity contribution in [3.05, 3.63) is 58.4 Å². The number of aliphatic hydroxyl groups excluding tert-OH is 1. The van der Waals surface area contributed by atoms with Gasteiger partial charge in [-0.2, -0.15) is 0 Å². The number of alkyl halides is 1. The number of fused-ring (bicyclic) bond motifs is 1. The fourth-order valence-electron chi connectivity index (χ4n) is 4.43. The molecule has 164 valence electrons. The maximum atomic E-state index is 14.9. The summed E-state index contributed by atoms with van der Waals surface area (Å²) < 4.78 is 43.1. The summed E-state index contributed by atoms with van der Waals surface area (Å²) in [6, 6.07) is 4.76. The van der Waals surface area contributed by atoms with Crippen LogP contribution in [-0.2, 0) is 5.54 Å². The molecule has 1 amide bonds. The number of pyridine rings is 1. The third-order valence-electron chi connectivity index (χ3n) is 5.97. The number of amides is 1. The van der Waals surface area contributed by atoms with Crippen molar-refractivity contribution in [2.45, 2.75) is 17.2 Å². The van der Waals surface area contributed by atoms with Crippen LogP contribution in [-0.4, -0.2) is 39.2 Å². The maximum absolute atomic E-state index is 14.9. The van der Waals surface area contributed by atoms with Crippen molar-refractivity contribution in [1.82, 2.24) is 4.98 Å². The van der Waals surface area contributed by atoms with Gasteiger partial charge < -0.3 is 16.2 Å². The van der Waals surface area contributed by atoms with Gasteiger partial charge in [0.15, 0.2) is 16.8 Å². The molecule has 1 saturated carbocycles. The van der Waals surface area contributed by atoms with Gasteiger partial charge in [-0.15, -0.1) is 0 Å². The molecule has 1 aliphatic heterocycles. The molecule has 2 aliphatic rings. The minimum absolute atomic E-state index is 0.00216. The molecule has 4 rings (SSSR count). The van der Waals surface area contributed by atoms with E-state index in [1.165, 1.54) is 18.3 Å². The molecule has 31 heavy (non-hydrogen) atoms. The van der Waals surface area contributed by atoms with Gasteiger partial charge in [-0.1, -0.05) is 30.3 Å². The lowest BCUT2D eigenvalue weighted by Gasteiger charge is -2.34. The zero-order chi connectivity index (χ0) is 22.6. The monoisotopic (exact) mass is 470 g/mol. The second-order valence-corrected chi connectivity index (χ2v) is 9.44. The molecule has 1 aromatic carbocycles. The second-order valence-electron chi connectivity index (χ2n) is 7.62. The van der Waals surface area contributed by atoms with Crippen molar-refractivity contribution in [3.63, 3.8) is 0 Å². The molecule has 1 aliphatic carbocycles. The van der Waals surface area contributed by atoms with E-state index in [1.807, 2.05) is 0 Å². The molecule has 0 unspecified atom stereocenters. The van der Waals surface area contributed by atoms with Crippen LogP contribution < -0.4 is 11.1 Å². The van der Waals surface area contributed by atoms with Gasteiger partial charge in [-0.25, -0.2) is 23.1 Å². The number of halogens is 4. The van der Waals surface area contributed by atoms with Crippen molar-refractivity contribution in [2.75, 3.05) is 18.6 Å². The lowest BCUT2D eigenvalue weighted by atomic mass is 9.84. The first-order valence-corrected chi connectivity index (χ1v) is 10.5. The number of anilines is 1. The van der Waals surface area contributed by atoms with Gasteiger partial charge in [0.1, 0.15) is 17.9 Å². The van der Waals surface area contributed by atoms with Crippen molar-refractivity contribution < 1.29 is 23.1 Å². The minimum atomic E-state index is -1.82. The number of hydrogen-bond donors (Lipinski definition) is 3. The molecule has 0 radical (unpaired) electrons. The molecular weight excluding hydrogens is 453 g/mol. The molecule has 11 heteroatoms. The van der Waals surface area contributed by atoms with E-state index in [0.29, 0.717) is 5.02 Å². The predicted octanol–water partition coefficient (Wildman–Crippen LogP) is 3.49. The molecule has 6 nitrogen and oxygen atoms in total. The van der Waals surface area contributed by atoms with Crippen molar-refractivity contribution in [1.29, 1.82) is 0 Å². The Bertz CT molecular complexity index is 1090. The Kier molecular flexibility index (Phi) is 5.43. The number of nitrogens with one attached hydrogen (secondary N) is 1. The molecule has 0 spiro atoms. The van der Waals surface area contributed by atoms with Gasteiger partial charge in [0.05, 0.1) is 16.4 Å². The van der Waals surface area contributed by atoms with E-state index in [2.05, 4.69) is 15.3 Å². The molecule has 0 bridgehead atoms. The Hall–Kier alpha value is -2.30. The number of aromatic nitrogens is 1. The largest absolute Gasteiger partial charge is 0.395 e. The number of nitrogens with zero attached hydrogens (tertiary/aromatic N) is 2. The Balaban J connectivity index is 1.76. The fraction of sp³-hybridized carbons (Fsp3) is 0.350. The van der Waals surface area contributed by atoms with Crippen molar-refractivity contribution in [3.8, 4) is 0 Å². The zero-order valence-corrected chi connectivity index (χ0v) is 17.8. The molecule has 1 fully saturated rings. The first-order chi connectivity index (χ1) is 14.7. The van der Waals surface area contributed by atoms with E-state index in [-0.39, 0.29) is 34.6 Å². The molecular formula is C20H18ClF3N4O2S. The number of rotatable bonds is 5. The Morgan fingerprint density at radius 1 is 1.39 bits per heavy atom. The molecule has 4 atom stereocenters. The number of benzene rings is 1. The van der Waals surface area contributed by atoms with Gasteiger partial charge in [-0.3, -0.25) is 4.79 Å². The van der Waals surface area contributed by atoms with E-state index >= 15 is 0 Å². The fourth-order valence-corrected chi connectivity index (χ4v) is 5.98. The van der Waals surface area contributed by atoms with Crippen molar-refractivity contribution in [2.24, 2.45) is 22.6 Å². The number of thioether (sulfide) groups is 1. The average molecular weight is 471 g/mol. The first kappa shape index (κ1) is 21.9. The minimum Gasteiger partial charge on any atom is -0.395 e. The highest BCUT2D eigenvalue weighted by Crippen LogP contribution is 2.69. The van der Waals surface area contributed by atoms with Gasteiger partial charge >= 0.3 is 0 Å². The van der Waals surface area contributed by atoms with E-state index in [0.717, 1.165) is 23.9 Å². The van der Waals surface area contributed by atoms with Gasteiger partial charge in [0.2, 0.25) is 0 Å². The maximum Gasteiger partial charge on any atom is 0.274 e. The Morgan fingerprint density at radius 3 is 2.74 bits per heavy atom. The number of aliphatic imine (C=N–C) groups is 1. The Labute approximate surface area is 185 Å². The van der Waals surface area contributed by atoms with E-state index in [1.54, 1.807) is 6.92 Å². The summed E-state index contributed by atoms with van der Waals surface area (Å²) in [5.74, 6) is -4.10. The van der Waals surface area contributed by atoms with Crippen LogP contribution in [0.25, 0.3) is 0 Å². The van der Waals surface area contributed by atoms with Crippen LogP contribution in [0.5, 0.6) is 0 Å². The standard InChI is InChI=1S/C20H18ClF3N4O2S/c1-9-16-19(7-22,28-18(25)31-20(9,16)8-29)12-4-11(5-13(23)15(12)24)27-17(30)14-3-2-10(21)6-26-14/h2-6,9,16,29H,7-8H2,1H3,(H2,25,28)(H,27,30)/t9-,16-,19+,20-/m0/s1. The summed E-state index contributed by atoms with van der Waals surface area (Å²) in [5.41, 5.74) is 3.60. The van der Waals surface area contributed by atoms with Crippen LogP contribution in [0.15, 0.2) is 35.5 Å². The number of amidine groups is 1. The van der Waals surface area contributed by atoms with Crippen LogP contribution in [0.2, 0.25) is 5.02 Å². The quantitative estimate of drug-likeness (QED) is 0.621. The van der Waals surface area contributed by atoms with Crippen molar-refractivity contribution >= 4 is 40.1 Å². The third-order valence-corrected chi connectivity index (χ3v) is 7.63. The number of carbonyl (C=O) groups is 1. The summed E-state index contributed by atoms with van der Waals surface area (Å²) in [6.07, 6.45) is 1.27. The number of hydrogen-bond acceptors (Lipinski definition) is 6. The topological polar surface area (TPSA) is 101 Å². The molecule has 0 saturated heterocycles. The molecule has 2 heterocycles. The van der Waals surface area contributed by atoms with Crippen LogP contribution in [0.4, 0.5) is 18.9 Å². The van der Waals surface area contributed by atoms with Gasteiger partial charge in [0.25, 0.3) is 5.91 Å². The summed E-state index contributed by atoms with van der Waals surface area (Å²) in [5, 5.41) is 12.6. The summed E-state index contributed by atoms with van der Waals surface area (Å²) in [4.78, 5) is 20.5. The number of aliphatic hydroxyl groups is 1. The summed E-state index contributed by atoms with van der Waals surface area (Å²) >= 11 is 6.87. The van der Waals surface area contributed by atoms with E-state index in [4.69, 9.17) is 17.3 Å². The molecule has 1 aromatic heterocycles. The number of carbonyl (C=O) groups excluding carboxylic acids is 1. The lowest BCUT2D eigenvalue weighted by Crippen LogP contribution is -2.41. The second kappa shape index (κ2) is 7.68. The predicted molar refractivity (Wildman–Crippen MR) is 113 cm³/mol. The third kappa shape index (κ3) is 3.37. The highest BCUT2D eigenvalue weighted by atomic mass is 35.5. The van der Waals surface area contributed by atoms with Crippen LogP contribution in [0, 0.1) is 23.5 Å².